The molecule has 0 N–H and O–H groups in total. The highest BCUT2D eigenvalue weighted by atomic mass is 17.2. The maximum Gasteiger partial charge on any atom is 0.344 e. The van der Waals surface area contributed by atoms with E-state index < -0.39 is 12.1 Å². The van der Waals surface area contributed by atoms with E-state index in [-0.39, 0.29) is 6.61 Å². The van der Waals surface area contributed by atoms with Crippen molar-refractivity contribution < 1.29 is 19.3 Å². The van der Waals surface area contributed by atoms with Crippen LogP contribution in [-0.4, -0.2) is 12.1 Å². The van der Waals surface area contributed by atoms with Crippen molar-refractivity contribution in [3.63, 3.8) is 0 Å². The predicted octanol–water partition coefficient (Wildman–Crippen LogP) is 1.57. The van der Waals surface area contributed by atoms with Crippen LogP contribution in [-0.2, 0) is 25.9 Å². The normalized spacial score (nSPS) is 18.5. The fraction of sp³-hybridized carbons (Fsp3) is 0.182. The molecule has 0 aromatic heterocycles. The highest BCUT2D eigenvalue weighted by molar-refractivity contribution is 5.76. The fourth-order valence-corrected chi connectivity index (χ4v) is 1.16. The van der Waals surface area contributed by atoms with Crippen LogP contribution < -0.4 is 0 Å². The van der Waals surface area contributed by atoms with Gasteiger partial charge in [0.05, 0.1) is 0 Å². The van der Waals surface area contributed by atoms with Crippen LogP contribution in [0.15, 0.2) is 42.7 Å². The second-order valence-corrected chi connectivity index (χ2v) is 3.03. The molecule has 2 rings (SSSR count). The molecule has 78 valence electrons. The predicted molar refractivity (Wildman–Crippen MR) is 51.3 cm³/mol. The van der Waals surface area contributed by atoms with E-state index >= 15 is 0 Å². The maximum atomic E-state index is 11.3. The SMILES string of the molecule is O=C(OCc1ccccc1)C1C=COO1. The van der Waals surface area contributed by atoms with Crippen LogP contribution in [0.1, 0.15) is 5.56 Å². The van der Waals surface area contributed by atoms with Gasteiger partial charge in [-0.25, -0.2) is 4.79 Å². The van der Waals surface area contributed by atoms with Gasteiger partial charge >= 0.3 is 5.97 Å². The molecule has 0 amide bonds. The zero-order valence-electron chi connectivity index (χ0n) is 7.96. The summed E-state index contributed by atoms with van der Waals surface area (Å²) in [5, 5.41) is 0. The van der Waals surface area contributed by atoms with Gasteiger partial charge in [-0.15, -0.1) is 0 Å². The first-order chi connectivity index (χ1) is 7.36. The van der Waals surface area contributed by atoms with E-state index in [9.17, 15) is 4.79 Å². The van der Waals surface area contributed by atoms with Gasteiger partial charge in [0.25, 0.3) is 0 Å². The third kappa shape index (κ3) is 2.57. The van der Waals surface area contributed by atoms with Crippen molar-refractivity contribution in [2.75, 3.05) is 0 Å². The van der Waals surface area contributed by atoms with Crippen molar-refractivity contribution in [3.05, 3.63) is 48.2 Å². The monoisotopic (exact) mass is 206 g/mol. The largest absolute Gasteiger partial charge is 0.459 e. The van der Waals surface area contributed by atoms with Gasteiger partial charge in [-0.1, -0.05) is 30.3 Å². The Morgan fingerprint density at radius 3 is 2.80 bits per heavy atom. The van der Waals surface area contributed by atoms with Crippen molar-refractivity contribution in [3.8, 4) is 0 Å². The van der Waals surface area contributed by atoms with Crippen LogP contribution in [0.3, 0.4) is 0 Å². The van der Waals surface area contributed by atoms with E-state index in [0.717, 1.165) is 5.56 Å². The Hall–Kier alpha value is -1.81. The minimum absolute atomic E-state index is 0.243. The number of hydrogen-bond acceptors (Lipinski definition) is 4. The average molecular weight is 206 g/mol. The van der Waals surface area contributed by atoms with Crippen molar-refractivity contribution >= 4 is 5.97 Å². The molecule has 4 nitrogen and oxygen atoms in total. The maximum absolute atomic E-state index is 11.3. The Morgan fingerprint density at radius 1 is 1.33 bits per heavy atom. The molecule has 0 saturated heterocycles. The van der Waals surface area contributed by atoms with Crippen LogP contribution in [0.4, 0.5) is 0 Å². The van der Waals surface area contributed by atoms with E-state index in [1.807, 2.05) is 30.3 Å². The Kier molecular flexibility index (Phi) is 2.99. The third-order valence-corrected chi connectivity index (χ3v) is 1.92. The number of ether oxygens (including phenoxy) is 1. The van der Waals surface area contributed by atoms with Gasteiger partial charge in [-0.05, 0) is 11.6 Å². The molecule has 1 heterocycles. The first kappa shape index (κ1) is 9.73. The molecular weight excluding hydrogens is 196 g/mol. The van der Waals surface area contributed by atoms with Gasteiger partial charge in [-0.2, -0.15) is 4.89 Å². The highest BCUT2D eigenvalue weighted by Gasteiger charge is 2.22. The number of esters is 1. The second-order valence-electron chi connectivity index (χ2n) is 3.03. The zero-order valence-corrected chi connectivity index (χ0v) is 7.96. The first-order valence-electron chi connectivity index (χ1n) is 4.55. The molecule has 1 atom stereocenters. The number of rotatable bonds is 3. The molecule has 0 radical (unpaired) electrons. The number of benzene rings is 1. The fourth-order valence-electron chi connectivity index (χ4n) is 1.16. The Balaban J connectivity index is 1.83. The van der Waals surface area contributed by atoms with Crippen LogP contribution in [0.2, 0.25) is 0 Å². The number of carbonyl (C=O) groups is 1. The zero-order chi connectivity index (χ0) is 10.5. The lowest BCUT2D eigenvalue weighted by molar-refractivity contribution is -0.254. The molecule has 1 aromatic carbocycles. The quantitative estimate of drug-likeness (QED) is 0.556. The molecule has 1 aliphatic rings. The molecule has 0 aliphatic carbocycles. The third-order valence-electron chi connectivity index (χ3n) is 1.92. The van der Waals surface area contributed by atoms with E-state index in [4.69, 9.17) is 4.74 Å². The summed E-state index contributed by atoms with van der Waals surface area (Å²) >= 11 is 0. The summed E-state index contributed by atoms with van der Waals surface area (Å²) in [6, 6.07) is 9.45. The lowest BCUT2D eigenvalue weighted by Crippen LogP contribution is -2.21. The molecule has 1 unspecified atom stereocenters. The van der Waals surface area contributed by atoms with E-state index in [1.54, 1.807) is 0 Å². The lowest BCUT2D eigenvalue weighted by atomic mass is 10.2. The molecule has 1 aromatic rings. The molecular formula is C11H10O4. The van der Waals surface area contributed by atoms with E-state index in [1.165, 1.54) is 12.3 Å². The van der Waals surface area contributed by atoms with Crippen LogP contribution >= 0.6 is 0 Å². The summed E-state index contributed by atoms with van der Waals surface area (Å²) in [5.74, 6) is -0.451. The van der Waals surface area contributed by atoms with Crippen molar-refractivity contribution in [1.29, 1.82) is 0 Å². The van der Waals surface area contributed by atoms with Gasteiger partial charge in [0.2, 0.25) is 6.10 Å². The smallest absolute Gasteiger partial charge is 0.344 e. The minimum Gasteiger partial charge on any atom is -0.459 e. The van der Waals surface area contributed by atoms with E-state index in [0.29, 0.717) is 0 Å². The summed E-state index contributed by atoms with van der Waals surface area (Å²) in [6.45, 7) is 0.243. The summed E-state index contributed by atoms with van der Waals surface area (Å²) in [7, 11) is 0. The molecule has 0 fully saturated rings. The van der Waals surface area contributed by atoms with Crippen LogP contribution in [0.25, 0.3) is 0 Å². The minimum atomic E-state index is -0.742. The Morgan fingerprint density at radius 2 is 2.13 bits per heavy atom. The van der Waals surface area contributed by atoms with Crippen molar-refractivity contribution in [1.82, 2.24) is 0 Å². The highest BCUT2D eigenvalue weighted by Crippen LogP contribution is 2.08. The Labute approximate surface area is 87.0 Å². The molecule has 4 heteroatoms. The van der Waals surface area contributed by atoms with Gasteiger partial charge < -0.3 is 9.62 Å². The molecule has 15 heavy (non-hydrogen) atoms. The molecule has 0 bridgehead atoms. The van der Waals surface area contributed by atoms with Crippen molar-refractivity contribution in [2.45, 2.75) is 12.7 Å². The van der Waals surface area contributed by atoms with Gasteiger partial charge in [-0.3, -0.25) is 0 Å². The molecule has 1 aliphatic heterocycles. The van der Waals surface area contributed by atoms with Gasteiger partial charge in [0.1, 0.15) is 12.9 Å². The van der Waals surface area contributed by atoms with Gasteiger partial charge in [0.15, 0.2) is 0 Å². The summed E-state index contributed by atoms with van der Waals surface area (Å²) in [5.41, 5.74) is 0.939. The van der Waals surface area contributed by atoms with Crippen molar-refractivity contribution in [2.24, 2.45) is 0 Å². The van der Waals surface area contributed by atoms with E-state index in [2.05, 4.69) is 9.78 Å². The molecule has 0 saturated carbocycles. The average Bonchev–Trinajstić information content (AvgIpc) is 2.81. The lowest BCUT2D eigenvalue weighted by Gasteiger charge is -2.06. The van der Waals surface area contributed by atoms with Crippen LogP contribution in [0.5, 0.6) is 0 Å². The molecule has 0 spiro atoms. The summed E-state index contributed by atoms with van der Waals surface area (Å²) in [4.78, 5) is 20.4. The number of carbonyl (C=O) groups excluding carboxylic acids is 1. The Bertz CT molecular complexity index is 358. The standard InChI is InChI=1S/C11H10O4/c12-11(10-6-7-14-15-10)13-8-9-4-2-1-3-5-9/h1-7,10H,8H2. The summed E-state index contributed by atoms with van der Waals surface area (Å²) in [6.07, 6.45) is 2.07. The second kappa shape index (κ2) is 4.61. The first-order valence-corrected chi connectivity index (χ1v) is 4.55. The van der Waals surface area contributed by atoms with Crippen LogP contribution in [0, 0.1) is 0 Å². The topological polar surface area (TPSA) is 44.8 Å². The summed E-state index contributed by atoms with van der Waals surface area (Å²) < 4.78 is 5.02. The van der Waals surface area contributed by atoms with Gasteiger partial charge in [0, 0.05) is 0 Å². The number of hydrogen-bond donors (Lipinski definition) is 0.